The van der Waals surface area contributed by atoms with Crippen LogP contribution >= 0.6 is 11.6 Å². The molecule has 1 aliphatic heterocycles. The SMILES string of the molecule is O=C(NCC1CCCN(C(=O)Cc2cnc[nH]2)C1)c1ccccc1Cl. The van der Waals surface area contributed by atoms with Crippen molar-refractivity contribution in [3.05, 3.63) is 53.1 Å². The lowest BCUT2D eigenvalue weighted by atomic mass is 9.97. The van der Waals surface area contributed by atoms with Gasteiger partial charge in [0.2, 0.25) is 5.91 Å². The van der Waals surface area contributed by atoms with Crippen LogP contribution in [0.2, 0.25) is 5.02 Å². The molecular weight excluding hydrogens is 340 g/mol. The fraction of sp³-hybridized carbons (Fsp3) is 0.389. The largest absolute Gasteiger partial charge is 0.352 e. The summed E-state index contributed by atoms with van der Waals surface area (Å²) in [6, 6.07) is 6.99. The molecule has 2 heterocycles. The fourth-order valence-electron chi connectivity index (χ4n) is 3.09. The number of benzene rings is 1. The summed E-state index contributed by atoms with van der Waals surface area (Å²) in [6.45, 7) is 1.97. The molecular formula is C18H21ClN4O2. The van der Waals surface area contributed by atoms with Gasteiger partial charge in [-0.1, -0.05) is 23.7 Å². The van der Waals surface area contributed by atoms with Gasteiger partial charge in [0.15, 0.2) is 0 Å². The van der Waals surface area contributed by atoms with E-state index in [-0.39, 0.29) is 17.7 Å². The lowest BCUT2D eigenvalue weighted by molar-refractivity contribution is -0.132. The van der Waals surface area contributed by atoms with Gasteiger partial charge in [0.1, 0.15) is 0 Å². The number of H-pyrrole nitrogens is 1. The van der Waals surface area contributed by atoms with Gasteiger partial charge < -0.3 is 15.2 Å². The lowest BCUT2D eigenvalue weighted by Crippen LogP contribution is -2.44. The number of aromatic amines is 1. The van der Waals surface area contributed by atoms with Crippen LogP contribution in [0, 0.1) is 5.92 Å². The van der Waals surface area contributed by atoms with Crippen molar-refractivity contribution in [3.8, 4) is 0 Å². The van der Waals surface area contributed by atoms with E-state index < -0.39 is 0 Å². The molecule has 1 aromatic heterocycles. The number of likely N-dealkylation sites (tertiary alicyclic amines) is 1. The molecule has 2 amide bonds. The normalized spacial score (nSPS) is 17.3. The van der Waals surface area contributed by atoms with Crippen LogP contribution in [0.1, 0.15) is 28.9 Å². The van der Waals surface area contributed by atoms with Crippen molar-refractivity contribution in [3.63, 3.8) is 0 Å². The third-order valence-electron chi connectivity index (χ3n) is 4.44. The first-order chi connectivity index (χ1) is 12.1. The van der Waals surface area contributed by atoms with Crippen molar-refractivity contribution < 1.29 is 9.59 Å². The quantitative estimate of drug-likeness (QED) is 0.858. The van der Waals surface area contributed by atoms with Crippen LogP contribution < -0.4 is 5.32 Å². The third-order valence-corrected chi connectivity index (χ3v) is 4.77. The number of nitrogens with zero attached hydrogens (tertiary/aromatic N) is 2. The minimum atomic E-state index is -0.175. The second-order valence-corrected chi connectivity index (χ2v) is 6.70. The molecule has 0 aliphatic carbocycles. The number of carbonyl (C=O) groups excluding carboxylic acids is 2. The van der Waals surface area contributed by atoms with E-state index in [9.17, 15) is 9.59 Å². The molecule has 25 heavy (non-hydrogen) atoms. The van der Waals surface area contributed by atoms with E-state index >= 15 is 0 Å². The summed E-state index contributed by atoms with van der Waals surface area (Å²) in [5.41, 5.74) is 1.30. The molecule has 0 radical (unpaired) electrons. The summed E-state index contributed by atoms with van der Waals surface area (Å²) in [7, 11) is 0. The smallest absolute Gasteiger partial charge is 0.252 e. The number of aromatic nitrogens is 2. The first-order valence-electron chi connectivity index (χ1n) is 8.41. The molecule has 1 aromatic carbocycles. The molecule has 0 bridgehead atoms. The molecule has 1 fully saturated rings. The number of nitrogens with one attached hydrogen (secondary N) is 2. The molecule has 1 saturated heterocycles. The molecule has 2 aromatic rings. The molecule has 0 saturated carbocycles. The zero-order chi connectivity index (χ0) is 17.6. The van der Waals surface area contributed by atoms with E-state index in [0.717, 1.165) is 25.1 Å². The highest BCUT2D eigenvalue weighted by molar-refractivity contribution is 6.33. The van der Waals surface area contributed by atoms with Gasteiger partial charge >= 0.3 is 0 Å². The van der Waals surface area contributed by atoms with E-state index in [1.165, 1.54) is 0 Å². The minimum absolute atomic E-state index is 0.0892. The van der Waals surface area contributed by atoms with E-state index in [2.05, 4.69) is 15.3 Å². The van der Waals surface area contributed by atoms with Crippen LogP contribution in [-0.4, -0.2) is 46.3 Å². The highest BCUT2D eigenvalue weighted by Gasteiger charge is 2.24. The Morgan fingerprint density at radius 3 is 2.96 bits per heavy atom. The Kier molecular flexibility index (Phi) is 5.71. The Morgan fingerprint density at radius 1 is 1.36 bits per heavy atom. The molecule has 1 aliphatic rings. The highest BCUT2D eigenvalue weighted by Crippen LogP contribution is 2.18. The minimum Gasteiger partial charge on any atom is -0.352 e. The second-order valence-electron chi connectivity index (χ2n) is 6.29. The van der Waals surface area contributed by atoms with Gasteiger partial charge in [-0.15, -0.1) is 0 Å². The van der Waals surface area contributed by atoms with Gasteiger partial charge in [0, 0.05) is 31.5 Å². The summed E-state index contributed by atoms with van der Waals surface area (Å²) in [4.78, 5) is 33.4. The molecule has 3 rings (SSSR count). The van der Waals surface area contributed by atoms with Crippen molar-refractivity contribution in [2.24, 2.45) is 5.92 Å². The summed E-state index contributed by atoms with van der Waals surface area (Å²) < 4.78 is 0. The number of carbonyl (C=O) groups is 2. The average molecular weight is 361 g/mol. The van der Waals surface area contributed by atoms with Crippen LogP contribution in [0.3, 0.4) is 0 Å². The van der Waals surface area contributed by atoms with Crippen LogP contribution in [-0.2, 0) is 11.2 Å². The summed E-state index contributed by atoms with van der Waals surface area (Å²) in [5, 5.41) is 3.38. The van der Waals surface area contributed by atoms with Gasteiger partial charge in [-0.05, 0) is 30.9 Å². The van der Waals surface area contributed by atoms with Crippen LogP contribution in [0.5, 0.6) is 0 Å². The first kappa shape index (κ1) is 17.5. The number of hydrogen-bond acceptors (Lipinski definition) is 3. The maximum atomic E-state index is 12.4. The molecule has 6 nitrogen and oxygen atoms in total. The number of amides is 2. The van der Waals surface area contributed by atoms with Gasteiger partial charge in [-0.2, -0.15) is 0 Å². The summed E-state index contributed by atoms with van der Waals surface area (Å²) in [5.74, 6) is 0.170. The second kappa shape index (κ2) is 8.16. The van der Waals surface area contributed by atoms with Crippen LogP contribution in [0.25, 0.3) is 0 Å². The van der Waals surface area contributed by atoms with Crippen molar-refractivity contribution >= 4 is 23.4 Å². The fourth-order valence-corrected chi connectivity index (χ4v) is 3.31. The van der Waals surface area contributed by atoms with Gasteiger partial charge in [0.25, 0.3) is 5.91 Å². The molecule has 1 atom stereocenters. The van der Waals surface area contributed by atoms with Crippen LogP contribution in [0.4, 0.5) is 0 Å². The molecule has 7 heteroatoms. The standard InChI is InChI=1S/C18H21ClN4O2/c19-16-6-2-1-5-15(16)18(25)21-9-13-4-3-7-23(11-13)17(24)8-14-10-20-12-22-14/h1-2,5-6,10,12-13H,3-4,7-9,11H2,(H,20,22)(H,21,25). The van der Waals surface area contributed by atoms with Gasteiger partial charge in [0.05, 0.1) is 23.3 Å². The number of imidazole rings is 1. The number of hydrogen-bond donors (Lipinski definition) is 2. The van der Waals surface area contributed by atoms with Crippen molar-refractivity contribution in [1.82, 2.24) is 20.2 Å². The first-order valence-corrected chi connectivity index (χ1v) is 8.79. The van der Waals surface area contributed by atoms with Crippen molar-refractivity contribution in [2.75, 3.05) is 19.6 Å². The predicted octanol–water partition coefficient (Wildman–Crippen LogP) is 2.27. The number of halogens is 1. The van der Waals surface area contributed by atoms with E-state index in [4.69, 9.17) is 11.6 Å². The Morgan fingerprint density at radius 2 is 2.20 bits per heavy atom. The lowest BCUT2D eigenvalue weighted by Gasteiger charge is -2.33. The van der Waals surface area contributed by atoms with Gasteiger partial charge in [-0.25, -0.2) is 4.98 Å². The molecule has 1 unspecified atom stereocenters. The summed E-state index contributed by atoms with van der Waals surface area (Å²) in [6.07, 6.45) is 5.52. The molecule has 132 valence electrons. The summed E-state index contributed by atoms with van der Waals surface area (Å²) >= 11 is 6.05. The zero-order valence-corrected chi connectivity index (χ0v) is 14.6. The average Bonchev–Trinajstić information content (AvgIpc) is 3.13. The van der Waals surface area contributed by atoms with E-state index in [1.54, 1.807) is 36.8 Å². The van der Waals surface area contributed by atoms with Crippen molar-refractivity contribution in [2.45, 2.75) is 19.3 Å². The maximum absolute atomic E-state index is 12.4. The van der Waals surface area contributed by atoms with E-state index in [1.807, 2.05) is 4.90 Å². The number of rotatable bonds is 5. The molecule has 0 spiro atoms. The Bertz CT molecular complexity index is 732. The molecule has 2 N–H and O–H groups in total. The third kappa shape index (κ3) is 4.60. The highest BCUT2D eigenvalue weighted by atomic mass is 35.5. The zero-order valence-electron chi connectivity index (χ0n) is 13.9. The monoisotopic (exact) mass is 360 g/mol. The van der Waals surface area contributed by atoms with E-state index in [0.29, 0.717) is 30.1 Å². The topological polar surface area (TPSA) is 78.1 Å². The Labute approximate surface area is 151 Å². The van der Waals surface area contributed by atoms with Gasteiger partial charge in [-0.3, -0.25) is 9.59 Å². The Hall–Kier alpha value is -2.34. The predicted molar refractivity (Wildman–Crippen MR) is 95.4 cm³/mol. The maximum Gasteiger partial charge on any atom is 0.252 e. The van der Waals surface area contributed by atoms with Crippen LogP contribution in [0.15, 0.2) is 36.8 Å². The number of piperidine rings is 1. The van der Waals surface area contributed by atoms with Crippen molar-refractivity contribution in [1.29, 1.82) is 0 Å². The Balaban J connectivity index is 1.51.